The standard InChI is InChI=1S/C25H20O3/c1-27-25(26)21-14-20-15-22(28-17-18-8-4-2-5-9-18)12-13-23(20)24(16-21)19-10-6-3-7-11-19/h2-16H,17H2,1H3. The van der Waals surface area contributed by atoms with Crippen molar-refractivity contribution < 1.29 is 14.3 Å². The molecule has 0 saturated carbocycles. The van der Waals surface area contributed by atoms with Gasteiger partial charge in [0.15, 0.2) is 0 Å². The number of fused-ring (bicyclic) bond motifs is 1. The lowest BCUT2D eigenvalue weighted by Crippen LogP contribution is -2.02. The Labute approximate surface area is 164 Å². The SMILES string of the molecule is COC(=O)c1cc(-c2ccccc2)c2ccc(OCc3ccccc3)cc2c1. The Morgan fingerprint density at radius 1 is 0.821 bits per heavy atom. The number of carbonyl (C=O) groups excluding carboxylic acids is 1. The van der Waals surface area contributed by atoms with Crippen LogP contribution in [0.1, 0.15) is 15.9 Å². The maximum absolute atomic E-state index is 12.2. The van der Waals surface area contributed by atoms with E-state index in [1.807, 2.05) is 91.0 Å². The highest BCUT2D eigenvalue weighted by Gasteiger charge is 2.12. The van der Waals surface area contributed by atoms with Crippen LogP contribution in [0.15, 0.2) is 91.0 Å². The second-order valence-electron chi connectivity index (χ2n) is 6.54. The maximum atomic E-state index is 12.2. The molecular weight excluding hydrogens is 348 g/mol. The summed E-state index contributed by atoms with van der Waals surface area (Å²) in [6, 6.07) is 29.8. The third-order valence-corrected chi connectivity index (χ3v) is 4.68. The number of benzene rings is 4. The van der Waals surface area contributed by atoms with E-state index < -0.39 is 0 Å². The van der Waals surface area contributed by atoms with Gasteiger partial charge in [0.1, 0.15) is 12.4 Å². The van der Waals surface area contributed by atoms with Gasteiger partial charge in [0, 0.05) is 0 Å². The molecular formula is C25H20O3. The second-order valence-corrected chi connectivity index (χ2v) is 6.54. The number of rotatable bonds is 5. The van der Waals surface area contributed by atoms with Gasteiger partial charge < -0.3 is 9.47 Å². The molecule has 3 nitrogen and oxygen atoms in total. The van der Waals surface area contributed by atoms with Gasteiger partial charge in [-0.05, 0) is 51.7 Å². The van der Waals surface area contributed by atoms with Crippen LogP contribution in [0.2, 0.25) is 0 Å². The first-order valence-electron chi connectivity index (χ1n) is 9.13. The van der Waals surface area contributed by atoms with Crippen LogP contribution in [0.3, 0.4) is 0 Å². The molecule has 0 saturated heterocycles. The van der Waals surface area contributed by atoms with Crippen molar-refractivity contribution >= 4 is 16.7 Å². The average Bonchev–Trinajstić information content (AvgIpc) is 2.77. The number of hydrogen-bond acceptors (Lipinski definition) is 3. The number of esters is 1. The topological polar surface area (TPSA) is 35.5 Å². The Bertz CT molecular complexity index is 1100. The fourth-order valence-electron chi connectivity index (χ4n) is 3.27. The predicted octanol–water partition coefficient (Wildman–Crippen LogP) is 5.87. The summed E-state index contributed by atoms with van der Waals surface area (Å²) in [5, 5.41) is 2.00. The summed E-state index contributed by atoms with van der Waals surface area (Å²) in [5.41, 5.74) is 3.68. The summed E-state index contributed by atoms with van der Waals surface area (Å²) in [6.07, 6.45) is 0. The van der Waals surface area contributed by atoms with Crippen molar-refractivity contribution in [3.63, 3.8) is 0 Å². The number of methoxy groups -OCH3 is 1. The van der Waals surface area contributed by atoms with Gasteiger partial charge in [-0.1, -0.05) is 66.7 Å². The van der Waals surface area contributed by atoms with E-state index in [1.54, 1.807) is 0 Å². The van der Waals surface area contributed by atoms with Crippen molar-refractivity contribution in [1.29, 1.82) is 0 Å². The number of hydrogen-bond donors (Lipinski definition) is 0. The van der Waals surface area contributed by atoms with Crippen LogP contribution in [0, 0.1) is 0 Å². The highest BCUT2D eigenvalue weighted by Crippen LogP contribution is 2.33. The van der Waals surface area contributed by atoms with E-state index in [2.05, 4.69) is 0 Å². The zero-order valence-corrected chi connectivity index (χ0v) is 15.6. The van der Waals surface area contributed by atoms with Gasteiger partial charge in [-0.2, -0.15) is 0 Å². The van der Waals surface area contributed by atoms with Gasteiger partial charge in [0.25, 0.3) is 0 Å². The Morgan fingerprint density at radius 2 is 1.54 bits per heavy atom. The third kappa shape index (κ3) is 3.74. The van der Waals surface area contributed by atoms with Crippen molar-refractivity contribution in [3.05, 3.63) is 102 Å². The van der Waals surface area contributed by atoms with Crippen LogP contribution in [0.25, 0.3) is 21.9 Å². The predicted molar refractivity (Wildman–Crippen MR) is 111 cm³/mol. The van der Waals surface area contributed by atoms with Gasteiger partial charge in [-0.15, -0.1) is 0 Å². The van der Waals surface area contributed by atoms with Gasteiger partial charge in [0.2, 0.25) is 0 Å². The summed E-state index contributed by atoms with van der Waals surface area (Å²) in [6.45, 7) is 0.495. The molecule has 0 radical (unpaired) electrons. The molecule has 0 spiro atoms. The largest absolute Gasteiger partial charge is 0.489 e. The monoisotopic (exact) mass is 368 g/mol. The minimum atomic E-state index is -0.352. The number of ether oxygens (including phenoxy) is 2. The van der Waals surface area contributed by atoms with E-state index in [4.69, 9.17) is 9.47 Å². The fourth-order valence-corrected chi connectivity index (χ4v) is 3.27. The zero-order chi connectivity index (χ0) is 19.3. The zero-order valence-electron chi connectivity index (χ0n) is 15.6. The van der Waals surface area contributed by atoms with Gasteiger partial charge in [0.05, 0.1) is 12.7 Å². The quantitative estimate of drug-likeness (QED) is 0.413. The second kappa shape index (κ2) is 7.97. The van der Waals surface area contributed by atoms with E-state index in [0.29, 0.717) is 12.2 Å². The molecule has 0 heterocycles. The van der Waals surface area contributed by atoms with E-state index in [1.165, 1.54) is 7.11 Å². The third-order valence-electron chi connectivity index (χ3n) is 4.68. The Morgan fingerprint density at radius 3 is 2.25 bits per heavy atom. The molecule has 0 amide bonds. The van der Waals surface area contributed by atoms with Crippen molar-refractivity contribution in [2.75, 3.05) is 7.11 Å². The Balaban J connectivity index is 1.75. The molecule has 0 atom stereocenters. The molecule has 0 aliphatic rings. The summed E-state index contributed by atoms with van der Waals surface area (Å²) in [7, 11) is 1.40. The minimum Gasteiger partial charge on any atom is -0.489 e. The molecule has 0 N–H and O–H groups in total. The highest BCUT2D eigenvalue weighted by molar-refractivity contribution is 6.03. The lowest BCUT2D eigenvalue weighted by molar-refractivity contribution is 0.0601. The van der Waals surface area contributed by atoms with Crippen LogP contribution in [-0.4, -0.2) is 13.1 Å². The van der Waals surface area contributed by atoms with Gasteiger partial charge in [-0.25, -0.2) is 4.79 Å². The van der Waals surface area contributed by atoms with Gasteiger partial charge in [-0.3, -0.25) is 0 Å². The average molecular weight is 368 g/mol. The summed E-state index contributed by atoms with van der Waals surface area (Å²) >= 11 is 0. The van der Waals surface area contributed by atoms with Crippen LogP contribution in [-0.2, 0) is 11.3 Å². The minimum absolute atomic E-state index is 0.352. The van der Waals surface area contributed by atoms with Crippen LogP contribution >= 0.6 is 0 Å². The molecule has 4 rings (SSSR count). The highest BCUT2D eigenvalue weighted by atomic mass is 16.5. The van der Waals surface area contributed by atoms with Crippen molar-refractivity contribution in [2.24, 2.45) is 0 Å². The first-order valence-corrected chi connectivity index (χ1v) is 9.13. The molecule has 0 aliphatic heterocycles. The van der Waals surface area contributed by atoms with Crippen LogP contribution in [0.4, 0.5) is 0 Å². The van der Waals surface area contributed by atoms with Crippen molar-refractivity contribution in [1.82, 2.24) is 0 Å². The molecule has 4 aromatic carbocycles. The normalized spacial score (nSPS) is 10.6. The first kappa shape index (κ1) is 17.8. The number of carbonyl (C=O) groups is 1. The molecule has 0 unspecified atom stereocenters. The molecule has 3 heteroatoms. The molecule has 0 bridgehead atoms. The van der Waals surface area contributed by atoms with Crippen molar-refractivity contribution in [3.8, 4) is 16.9 Å². The molecule has 0 aromatic heterocycles. The molecule has 28 heavy (non-hydrogen) atoms. The van der Waals surface area contributed by atoms with Crippen molar-refractivity contribution in [2.45, 2.75) is 6.61 Å². The molecule has 0 fully saturated rings. The molecule has 0 aliphatic carbocycles. The smallest absolute Gasteiger partial charge is 0.337 e. The van der Waals surface area contributed by atoms with E-state index >= 15 is 0 Å². The molecule has 138 valence electrons. The first-order chi connectivity index (χ1) is 13.7. The van der Waals surface area contributed by atoms with Crippen LogP contribution in [0.5, 0.6) is 5.75 Å². The Hall–Kier alpha value is -3.59. The Kier molecular flexibility index (Phi) is 5.07. The maximum Gasteiger partial charge on any atom is 0.337 e. The van der Waals surface area contributed by atoms with E-state index in [9.17, 15) is 4.79 Å². The van der Waals surface area contributed by atoms with E-state index in [-0.39, 0.29) is 5.97 Å². The fraction of sp³-hybridized carbons (Fsp3) is 0.0800. The lowest BCUT2D eigenvalue weighted by Gasteiger charge is -2.12. The van der Waals surface area contributed by atoms with Gasteiger partial charge >= 0.3 is 5.97 Å². The van der Waals surface area contributed by atoms with Crippen LogP contribution < -0.4 is 4.74 Å². The lowest BCUT2D eigenvalue weighted by atomic mass is 9.95. The summed E-state index contributed by atoms with van der Waals surface area (Å²) < 4.78 is 10.9. The summed E-state index contributed by atoms with van der Waals surface area (Å²) in [5.74, 6) is 0.409. The van der Waals surface area contributed by atoms with E-state index in [0.717, 1.165) is 33.2 Å². The molecule has 4 aromatic rings. The summed E-state index contributed by atoms with van der Waals surface area (Å²) in [4.78, 5) is 12.2.